The smallest absolute Gasteiger partial charge is 0.129 e. The molecule has 1 aromatic heterocycles. The molecule has 0 aromatic carbocycles. The minimum atomic E-state index is -0.292. The van der Waals surface area contributed by atoms with Gasteiger partial charge in [0, 0.05) is 18.8 Å². The average molecular weight is 271 g/mol. The van der Waals surface area contributed by atoms with E-state index in [1.54, 1.807) is 6.20 Å². The first-order chi connectivity index (χ1) is 8.58. The fourth-order valence-electron chi connectivity index (χ4n) is 2.10. The lowest BCUT2D eigenvalue weighted by Gasteiger charge is -2.23. The number of rotatable bonds is 7. The van der Waals surface area contributed by atoms with Crippen LogP contribution in [0.4, 0.5) is 0 Å². The first-order valence-corrected chi connectivity index (χ1v) is 6.99. The monoisotopic (exact) mass is 270 g/mol. The van der Waals surface area contributed by atoms with E-state index in [1.165, 1.54) is 0 Å². The molecule has 0 aliphatic heterocycles. The Bertz CT molecular complexity index is 355. The molecule has 0 saturated heterocycles. The van der Waals surface area contributed by atoms with Crippen molar-refractivity contribution in [3.8, 4) is 0 Å². The molecule has 1 aromatic rings. The molecule has 0 aliphatic rings. The Morgan fingerprint density at radius 2 is 2.06 bits per heavy atom. The molecule has 0 fully saturated rings. The summed E-state index contributed by atoms with van der Waals surface area (Å²) in [6.07, 6.45) is 3.43. The first-order valence-electron chi connectivity index (χ1n) is 6.61. The summed E-state index contributed by atoms with van der Waals surface area (Å²) in [5, 5.41) is 13.9. The molecule has 0 radical (unpaired) electrons. The topological polar surface area (TPSA) is 45.1 Å². The molecule has 0 bridgehead atoms. The molecular weight excluding hydrogens is 248 g/mol. The molecule has 2 atom stereocenters. The van der Waals surface area contributed by atoms with Crippen LogP contribution >= 0.6 is 11.6 Å². The fraction of sp³-hybridized carbons (Fsp3) is 0.643. The van der Waals surface area contributed by atoms with Gasteiger partial charge in [-0.1, -0.05) is 38.3 Å². The quantitative estimate of drug-likeness (QED) is 0.748. The maximum Gasteiger partial charge on any atom is 0.129 e. The van der Waals surface area contributed by atoms with Crippen LogP contribution in [0.3, 0.4) is 0 Å². The first kappa shape index (κ1) is 15.4. The van der Waals surface area contributed by atoms with Crippen LogP contribution in [-0.2, 0) is 0 Å². The van der Waals surface area contributed by atoms with Crippen LogP contribution in [0.2, 0.25) is 5.15 Å². The number of hydrogen-bond donors (Lipinski definition) is 2. The van der Waals surface area contributed by atoms with E-state index in [2.05, 4.69) is 31.1 Å². The van der Waals surface area contributed by atoms with Gasteiger partial charge in [0.05, 0.1) is 6.10 Å². The number of aliphatic hydroxyl groups excluding tert-OH is 1. The maximum absolute atomic E-state index is 10.1. The number of aliphatic hydroxyl groups is 1. The normalized spacial score (nSPS) is 14.8. The van der Waals surface area contributed by atoms with Crippen LogP contribution in [0.15, 0.2) is 18.3 Å². The van der Waals surface area contributed by atoms with Gasteiger partial charge < -0.3 is 10.4 Å². The lowest BCUT2D eigenvalue weighted by molar-refractivity contribution is 0.0989. The van der Waals surface area contributed by atoms with Crippen molar-refractivity contribution in [2.45, 2.75) is 45.8 Å². The number of nitrogens with one attached hydrogen (secondary N) is 1. The second kappa shape index (κ2) is 7.72. The van der Waals surface area contributed by atoms with E-state index in [1.807, 2.05) is 12.1 Å². The molecule has 4 heteroatoms. The van der Waals surface area contributed by atoms with E-state index in [4.69, 9.17) is 11.6 Å². The van der Waals surface area contributed by atoms with Gasteiger partial charge in [-0.2, -0.15) is 0 Å². The highest BCUT2D eigenvalue weighted by Gasteiger charge is 2.16. The van der Waals surface area contributed by atoms with Gasteiger partial charge in [0.1, 0.15) is 5.15 Å². The molecule has 3 nitrogen and oxygen atoms in total. The zero-order valence-electron chi connectivity index (χ0n) is 11.4. The summed E-state index contributed by atoms with van der Waals surface area (Å²) >= 11 is 5.86. The molecule has 1 heterocycles. The summed E-state index contributed by atoms with van der Waals surface area (Å²) in [5.41, 5.74) is 1.09. The highest BCUT2D eigenvalue weighted by Crippen LogP contribution is 2.17. The third-order valence-corrected chi connectivity index (χ3v) is 3.68. The molecule has 0 aliphatic carbocycles. The predicted octanol–water partition coefficient (Wildman–Crippen LogP) is 3.18. The van der Waals surface area contributed by atoms with Gasteiger partial charge in [0.15, 0.2) is 0 Å². The number of aromatic nitrogens is 1. The molecule has 102 valence electrons. The molecule has 1 rings (SSSR count). The zero-order chi connectivity index (χ0) is 13.5. The van der Waals surface area contributed by atoms with Gasteiger partial charge in [0.25, 0.3) is 0 Å². The Balaban J connectivity index is 2.48. The van der Waals surface area contributed by atoms with Gasteiger partial charge in [-0.05, 0) is 30.5 Å². The van der Waals surface area contributed by atoms with Crippen LogP contribution in [-0.4, -0.2) is 22.7 Å². The Labute approximate surface area is 115 Å². The van der Waals surface area contributed by atoms with Gasteiger partial charge in [-0.3, -0.25) is 0 Å². The number of halogens is 1. The second-order valence-electron chi connectivity index (χ2n) is 4.69. The van der Waals surface area contributed by atoms with Gasteiger partial charge in [0.2, 0.25) is 0 Å². The number of hydrogen-bond acceptors (Lipinski definition) is 3. The van der Waals surface area contributed by atoms with Gasteiger partial charge in [-0.15, -0.1) is 0 Å². The lowest BCUT2D eigenvalue weighted by atomic mass is 9.96. The van der Waals surface area contributed by atoms with Crippen LogP contribution in [0, 0.1) is 5.92 Å². The maximum atomic E-state index is 10.1. The average Bonchev–Trinajstić information content (AvgIpc) is 2.37. The minimum Gasteiger partial charge on any atom is -0.392 e. The van der Waals surface area contributed by atoms with E-state index in [-0.39, 0.29) is 12.1 Å². The van der Waals surface area contributed by atoms with Crippen LogP contribution < -0.4 is 5.32 Å². The van der Waals surface area contributed by atoms with Crippen molar-refractivity contribution in [3.05, 3.63) is 29.0 Å². The van der Waals surface area contributed by atoms with Crippen LogP contribution in [0.25, 0.3) is 0 Å². The summed E-state index contributed by atoms with van der Waals surface area (Å²) in [5.74, 6) is 0.366. The highest BCUT2D eigenvalue weighted by atomic mass is 35.5. The zero-order valence-corrected chi connectivity index (χ0v) is 12.1. The molecule has 2 N–H and O–H groups in total. The Kier molecular flexibility index (Phi) is 6.61. The summed E-state index contributed by atoms with van der Waals surface area (Å²) in [4.78, 5) is 3.96. The van der Waals surface area contributed by atoms with Crippen LogP contribution in [0.1, 0.15) is 45.2 Å². The van der Waals surface area contributed by atoms with Gasteiger partial charge >= 0.3 is 0 Å². The third kappa shape index (κ3) is 4.56. The van der Waals surface area contributed by atoms with Crippen molar-refractivity contribution in [2.75, 3.05) is 6.54 Å². The highest BCUT2D eigenvalue weighted by molar-refractivity contribution is 6.29. The molecule has 18 heavy (non-hydrogen) atoms. The molecule has 0 saturated carbocycles. The molecule has 2 unspecified atom stereocenters. The lowest BCUT2D eigenvalue weighted by Crippen LogP contribution is -2.33. The Hall–Kier alpha value is -0.640. The van der Waals surface area contributed by atoms with E-state index >= 15 is 0 Å². The summed E-state index contributed by atoms with van der Waals surface area (Å²) in [7, 11) is 0. The van der Waals surface area contributed by atoms with E-state index in [9.17, 15) is 5.11 Å². The third-order valence-electron chi connectivity index (χ3n) is 3.48. The number of pyridine rings is 1. The van der Waals surface area contributed by atoms with Crippen LogP contribution in [0.5, 0.6) is 0 Å². The van der Waals surface area contributed by atoms with Crippen molar-refractivity contribution in [1.82, 2.24) is 10.3 Å². The van der Waals surface area contributed by atoms with E-state index in [0.717, 1.165) is 18.4 Å². The summed E-state index contributed by atoms with van der Waals surface area (Å²) in [6, 6.07) is 3.95. The van der Waals surface area contributed by atoms with Crippen molar-refractivity contribution in [1.29, 1.82) is 0 Å². The Morgan fingerprint density at radius 3 is 2.61 bits per heavy atom. The van der Waals surface area contributed by atoms with Crippen molar-refractivity contribution in [2.24, 2.45) is 5.92 Å². The summed E-state index contributed by atoms with van der Waals surface area (Å²) < 4.78 is 0. The molecule has 0 spiro atoms. The van der Waals surface area contributed by atoms with Crippen molar-refractivity contribution in [3.63, 3.8) is 0 Å². The Morgan fingerprint density at radius 1 is 1.39 bits per heavy atom. The molecular formula is C14H23ClN2O. The van der Waals surface area contributed by atoms with E-state index < -0.39 is 0 Å². The second-order valence-corrected chi connectivity index (χ2v) is 5.07. The van der Waals surface area contributed by atoms with Gasteiger partial charge in [-0.25, -0.2) is 4.98 Å². The van der Waals surface area contributed by atoms with Crippen molar-refractivity contribution < 1.29 is 5.11 Å². The minimum absolute atomic E-state index is 0.162. The molecule has 0 amide bonds. The number of nitrogens with zero attached hydrogens (tertiary/aromatic N) is 1. The van der Waals surface area contributed by atoms with Crippen molar-refractivity contribution >= 4 is 11.6 Å². The largest absolute Gasteiger partial charge is 0.392 e. The van der Waals surface area contributed by atoms with E-state index in [0.29, 0.717) is 17.6 Å². The fourth-order valence-corrected chi connectivity index (χ4v) is 2.28. The SMILES string of the molecule is CCC(CC)C(O)CNC(C)c1ccnc(Cl)c1. The predicted molar refractivity (Wildman–Crippen MR) is 75.7 cm³/mol. The standard InChI is InChI=1S/C14H23ClN2O/c1-4-11(5-2)13(18)9-17-10(3)12-6-7-16-14(15)8-12/h6-8,10-11,13,17-18H,4-5,9H2,1-3H3. The summed E-state index contributed by atoms with van der Waals surface area (Å²) in [6.45, 7) is 6.89.